The van der Waals surface area contributed by atoms with E-state index in [9.17, 15) is 5.11 Å². The monoisotopic (exact) mass is 386 g/mol. The van der Waals surface area contributed by atoms with Crippen LogP contribution in [-0.4, -0.2) is 43.4 Å². The highest BCUT2D eigenvalue weighted by molar-refractivity contribution is 5.14. The van der Waals surface area contributed by atoms with Crippen LogP contribution >= 0.6 is 0 Å². The first-order valence-electron chi connectivity index (χ1n) is 9.87. The van der Waals surface area contributed by atoms with Crippen molar-refractivity contribution in [3.05, 3.63) is 71.8 Å². The molecule has 3 rings (SSSR count). The van der Waals surface area contributed by atoms with E-state index in [2.05, 4.69) is 6.92 Å². The highest BCUT2D eigenvalue weighted by atomic mass is 16.7. The standard InChI is InChI=1S/C23H30O5/c1-3-19-20(14-24)28-23(25-2)22(27-16-18-12-8-5-9-13-18)21(19)26-15-17-10-6-4-7-11-17/h4-13,19-24H,3,14-16H2,1-2H3. The quantitative estimate of drug-likeness (QED) is 0.714. The molecule has 5 unspecified atom stereocenters. The molecule has 0 spiro atoms. The van der Waals surface area contributed by atoms with Gasteiger partial charge in [-0.15, -0.1) is 0 Å². The third-order valence-corrected chi connectivity index (χ3v) is 5.25. The molecule has 5 heteroatoms. The fourth-order valence-electron chi connectivity index (χ4n) is 3.75. The maximum atomic E-state index is 9.83. The van der Waals surface area contributed by atoms with E-state index >= 15 is 0 Å². The van der Waals surface area contributed by atoms with Gasteiger partial charge < -0.3 is 24.1 Å². The molecule has 5 nitrogen and oxygen atoms in total. The number of ether oxygens (including phenoxy) is 4. The lowest BCUT2D eigenvalue weighted by molar-refractivity contribution is -0.303. The van der Waals surface area contributed by atoms with Gasteiger partial charge in [0.2, 0.25) is 0 Å². The van der Waals surface area contributed by atoms with Crippen molar-refractivity contribution in [2.45, 2.75) is 51.2 Å². The van der Waals surface area contributed by atoms with Gasteiger partial charge in [0.15, 0.2) is 6.29 Å². The van der Waals surface area contributed by atoms with Gasteiger partial charge in [0.1, 0.15) is 6.10 Å². The van der Waals surface area contributed by atoms with E-state index in [1.807, 2.05) is 60.7 Å². The van der Waals surface area contributed by atoms with Crippen LogP contribution in [0.15, 0.2) is 60.7 Å². The van der Waals surface area contributed by atoms with Crippen molar-refractivity contribution in [3.63, 3.8) is 0 Å². The van der Waals surface area contributed by atoms with E-state index in [4.69, 9.17) is 18.9 Å². The Morgan fingerprint density at radius 1 is 0.857 bits per heavy atom. The lowest BCUT2D eigenvalue weighted by Gasteiger charge is -2.45. The molecule has 152 valence electrons. The number of methoxy groups -OCH3 is 1. The SMILES string of the molecule is CCC1C(CO)OC(OC)C(OCc2ccccc2)C1OCc1ccccc1. The normalized spacial score (nSPS) is 27.6. The Morgan fingerprint density at radius 3 is 1.86 bits per heavy atom. The van der Waals surface area contributed by atoms with E-state index in [-0.39, 0.29) is 30.8 Å². The minimum absolute atomic E-state index is 0.0147. The number of aliphatic hydroxyl groups excluding tert-OH is 1. The van der Waals surface area contributed by atoms with Crippen molar-refractivity contribution < 1.29 is 24.1 Å². The third-order valence-electron chi connectivity index (χ3n) is 5.25. The smallest absolute Gasteiger partial charge is 0.186 e. The van der Waals surface area contributed by atoms with Gasteiger partial charge in [0.05, 0.1) is 32.0 Å². The molecular formula is C23H30O5. The van der Waals surface area contributed by atoms with Crippen LogP contribution in [0.2, 0.25) is 0 Å². The minimum atomic E-state index is -0.593. The number of hydrogen-bond donors (Lipinski definition) is 1. The molecule has 0 aromatic heterocycles. The predicted molar refractivity (Wildman–Crippen MR) is 107 cm³/mol. The van der Waals surface area contributed by atoms with E-state index in [0.717, 1.165) is 17.5 Å². The Balaban J connectivity index is 1.77. The summed E-state index contributed by atoms with van der Waals surface area (Å²) in [4.78, 5) is 0. The van der Waals surface area contributed by atoms with Crippen LogP contribution < -0.4 is 0 Å². The van der Waals surface area contributed by atoms with E-state index in [0.29, 0.717) is 13.2 Å². The van der Waals surface area contributed by atoms with Crippen LogP contribution in [0.1, 0.15) is 24.5 Å². The van der Waals surface area contributed by atoms with E-state index < -0.39 is 6.29 Å². The van der Waals surface area contributed by atoms with Gasteiger partial charge in [-0.05, 0) is 17.5 Å². The molecule has 0 amide bonds. The van der Waals surface area contributed by atoms with E-state index in [1.54, 1.807) is 7.11 Å². The highest BCUT2D eigenvalue weighted by Gasteiger charge is 2.46. The summed E-state index contributed by atoms with van der Waals surface area (Å²) in [7, 11) is 1.60. The molecule has 28 heavy (non-hydrogen) atoms. The third kappa shape index (κ3) is 5.19. The number of aliphatic hydroxyl groups is 1. The molecule has 0 aliphatic carbocycles. The zero-order chi connectivity index (χ0) is 19.8. The second kappa shape index (κ2) is 10.7. The van der Waals surface area contributed by atoms with Gasteiger partial charge in [-0.1, -0.05) is 67.6 Å². The van der Waals surface area contributed by atoms with Gasteiger partial charge in [0.25, 0.3) is 0 Å². The van der Waals surface area contributed by atoms with Gasteiger partial charge in [-0.25, -0.2) is 0 Å². The topological polar surface area (TPSA) is 57.2 Å². The second-order valence-electron chi connectivity index (χ2n) is 7.06. The lowest BCUT2D eigenvalue weighted by Crippen LogP contribution is -2.57. The summed E-state index contributed by atoms with van der Waals surface area (Å²) in [5.41, 5.74) is 2.18. The molecule has 1 heterocycles. The fourth-order valence-corrected chi connectivity index (χ4v) is 3.75. The summed E-state index contributed by atoms with van der Waals surface area (Å²) >= 11 is 0. The zero-order valence-corrected chi connectivity index (χ0v) is 16.6. The van der Waals surface area contributed by atoms with Crippen LogP contribution in [0.25, 0.3) is 0 Å². The average molecular weight is 386 g/mol. The maximum absolute atomic E-state index is 9.83. The first-order chi connectivity index (χ1) is 13.8. The van der Waals surface area contributed by atoms with Crippen LogP contribution in [0.3, 0.4) is 0 Å². The largest absolute Gasteiger partial charge is 0.394 e. The maximum Gasteiger partial charge on any atom is 0.186 e. The molecule has 0 radical (unpaired) electrons. The van der Waals surface area contributed by atoms with E-state index in [1.165, 1.54) is 0 Å². The number of hydrogen-bond acceptors (Lipinski definition) is 5. The summed E-state index contributed by atoms with van der Waals surface area (Å²) in [5.74, 6) is 0.0147. The molecule has 2 aromatic rings. The molecule has 0 saturated carbocycles. The Labute approximate surface area is 167 Å². The first-order valence-corrected chi connectivity index (χ1v) is 9.87. The van der Waals surface area contributed by atoms with Crippen molar-refractivity contribution in [2.24, 2.45) is 5.92 Å². The predicted octanol–water partition coefficient (Wildman–Crippen LogP) is 3.55. The van der Waals surface area contributed by atoms with Crippen molar-refractivity contribution in [1.82, 2.24) is 0 Å². The molecule has 1 saturated heterocycles. The minimum Gasteiger partial charge on any atom is -0.394 e. The molecule has 5 atom stereocenters. The number of rotatable bonds is 9. The Kier molecular flexibility index (Phi) is 8.01. The molecule has 2 aromatic carbocycles. The second-order valence-corrected chi connectivity index (χ2v) is 7.06. The summed E-state index contributed by atoms with van der Waals surface area (Å²) in [6, 6.07) is 20.1. The summed E-state index contributed by atoms with van der Waals surface area (Å²) < 4.78 is 24.1. The van der Waals surface area contributed by atoms with Crippen LogP contribution in [0.4, 0.5) is 0 Å². The van der Waals surface area contributed by atoms with Crippen molar-refractivity contribution in [2.75, 3.05) is 13.7 Å². The lowest BCUT2D eigenvalue weighted by atomic mass is 9.86. The number of benzene rings is 2. The molecule has 1 aliphatic rings. The highest BCUT2D eigenvalue weighted by Crippen LogP contribution is 2.33. The fraction of sp³-hybridized carbons (Fsp3) is 0.478. The van der Waals surface area contributed by atoms with Crippen molar-refractivity contribution >= 4 is 0 Å². The molecule has 1 N–H and O–H groups in total. The molecular weight excluding hydrogens is 356 g/mol. The van der Waals surface area contributed by atoms with Crippen LogP contribution in [0.5, 0.6) is 0 Å². The van der Waals surface area contributed by atoms with Crippen molar-refractivity contribution in [1.29, 1.82) is 0 Å². The van der Waals surface area contributed by atoms with Gasteiger partial charge in [0, 0.05) is 13.0 Å². The first kappa shape index (κ1) is 21.0. The van der Waals surface area contributed by atoms with Gasteiger partial charge in [-0.2, -0.15) is 0 Å². The summed E-state index contributed by atoms with van der Waals surface area (Å²) in [6.45, 7) is 2.92. The Hall–Kier alpha value is -1.76. The summed E-state index contributed by atoms with van der Waals surface area (Å²) in [5, 5.41) is 9.83. The van der Waals surface area contributed by atoms with Gasteiger partial charge >= 0.3 is 0 Å². The molecule has 1 fully saturated rings. The van der Waals surface area contributed by atoms with Crippen LogP contribution in [-0.2, 0) is 32.2 Å². The molecule has 1 aliphatic heterocycles. The zero-order valence-electron chi connectivity index (χ0n) is 16.6. The molecule has 0 bridgehead atoms. The Bertz CT molecular complexity index is 678. The summed E-state index contributed by atoms with van der Waals surface area (Å²) in [6.07, 6.45) is -0.755. The van der Waals surface area contributed by atoms with Gasteiger partial charge in [-0.3, -0.25) is 0 Å². The average Bonchev–Trinajstić information content (AvgIpc) is 2.76. The Morgan fingerprint density at radius 2 is 1.39 bits per heavy atom. The van der Waals surface area contributed by atoms with Crippen LogP contribution in [0, 0.1) is 5.92 Å². The van der Waals surface area contributed by atoms with Crippen molar-refractivity contribution in [3.8, 4) is 0 Å².